The van der Waals surface area contributed by atoms with Crippen molar-refractivity contribution in [1.29, 1.82) is 0 Å². The topological polar surface area (TPSA) is 104 Å². The van der Waals surface area contributed by atoms with Gasteiger partial charge < -0.3 is 16.2 Å². The average molecular weight is 368 g/mol. The van der Waals surface area contributed by atoms with Crippen molar-refractivity contribution in [2.45, 2.75) is 57.8 Å². The number of esters is 1. The summed E-state index contributed by atoms with van der Waals surface area (Å²) in [6, 6.07) is 8.26. The van der Waals surface area contributed by atoms with Crippen LogP contribution in [0.4, 0.5) is 11.4 Å². The lowest BCUT2D eigenvalue weighted by Crippen LogP contribution is -2.15. The van der Waals surface area contributed by atoms with Gasteiger partial charge in [-0.05, 0) is 55.9 Å². The highest BCUT2D eigenvalue weighted by atomic mass is 16.5. The zero-order chi connectivity index (χ0) is 19.2. The van der Waals surface area contributed by atoms with E-state index in [0.29, 0.717) is 22.9 Å². The SMILES string of the molecule is CCCCC1CCC(c2ccc(OC(=O)c3cc(N)cc(N)c3)nn2)CC1. The van der Waals surface area contributed by atoms with Crippen LogP contribution in [-0.4, -0.2) is 16.2 Å². The first-order valence-electron chi connectivity index (χ1n) is 9.77. The third-order valence-electron chi connectivity index (χ3n) is 5.30. The first-order valence-corrected chi connectivity index (χ1v) is 9.77. The van der Waals surface area contributed by atoms with E-state index in [0.717, 1.165) is 24.5 Å². The number of ether oxygens (including phenoxy) is 1. The predicted octanol–water partition coefficient (Wildman–Crippen LogP) is 4.32. The number of unbranched alkanes of at least 4 members (excludes halogenated alkanes) is 1. The Kier molecular flexibility index (Phi) is 6.27. The molecule has 2 aromatic rings. The molecule has 3 rings (SSSR count). The molecule has 144 valence electrons. The number of hydrogen-bond acceptors (Lipinski definition) is 6. The standard InChI is InChI=1S/C21H28N4O2/c1-2-3-4-14-5-7-15(8-6-14)19-9-10-20(25-24-19)27-21(26)16-11-17(22)13-18(23)12-16/h9-15H,2-8,22-23H2,1H3. The molecule has 0 unspecified atom stereocenters. The molecular weight excluding hydrogens is 340 g/mol. The molecule has 0 atom stereocenters. The van der Waals surface area contributed by atoms with E-state index < -0.39 is 5.97 Å². The maximum absolute atomic E-state index is 12.2. The summed E-state index contributed by atoms with van der Waals surface area (Å²) in [6.45, 7) is 2.25. The molecule has 1 aliphatic carbocycles. The fourth-order valence-electron chi connectivity index (χ4n) is 3.79. The molecule has 6 nitrogen and oxygen atoms in total. The van der Waals surface area contributed by atoms with Crippen LogP contribution in [0.15, 0.2) is 30.3 Å². The van der Waals surface area contributed by atoms with Crippen molar-refractivity contribution in [1.82, 2.24) is 10.2 Å². The van der Waals surface area contributed by atoms with Gasteiger partial charge in [0.2, 0.25) is 5.88 Å². The van der Waals surface area contributed by atoms with Crippen LogP contribution in [0.25, 0.3) is 0 Å². The van der Waals surface area contributed by atoms with Crippen molar-refractivity contribution in [3.05, 3.63) is 41.6 Å². The first kappa shape index (κ1) is 19.1. The number of nitrogen functional groups attached to an aromatic ring is 2. The van der Waals surface area contributed by atoms with Crippen LogP contribution in [0.5, 0.6) is 5.88 Å². The third kappa shape index (κ3) is 5.18. The van der Waals surface area contributed by atoms with Gasteiger partial charge in [0.15, 0.2) is 0 Å². The number of nitrogens with two attached hydrogens (primary N) is 2. The van der Waals surface area contributed by atoms with E-state index in [4.69, 9.17) is 16.2 Å². The summed E-state index contributed by atoms with van der Waals surface area (Å²) in [5.74, 6) is 0.947. The first-order chi connectivity index (χ1) is 13.0. The number of nitrogens with zero attached hydrogens (tertiary/aromatic N) is 2. The van der Waals surface area contributed by atoms with Crippen molar-refractivity contribution in [3.63, 3.8) is 0 Å². The molecule has 1 aromatic heterocycles. The molecule has 1 saturated carbocycles. The normalized spacial score (nSPS) is 19.6. The molecule has 0 bridgehead atoms. The molecular formula is C21H28N4O2. The quantitative estimate of drug-likeness (QED) is 0.581. The molecule has 1 heterocycles. The van der Waals surface area contributed by atoms with Crippen molar-refractivity contribution in [3.8, 4) is 5.88 Å². The Bertz CT molecular complexity index is 748. The molecule has 4 N–H and O–H groups in total. The average Bonchev–Trinajstić information content (AvgIpc) is 2.66. The lowest BCUT2D eigenvalue weighted by Gasteiger charge is -2.27. The van der Waals surface area contributed by atoms with Gasteiger partial charge in [0.25, 0.3) is 0 Å². The minimum absolute atomic E-state index is 0.182. The number of carbonyl (C=O) groups is 1. The molecule has 0 radical (unpaired) electrons. The zero-order valence-electron chi connectivity index (χ0n) is 15.9. The minimum atomic E-state index is -0.549. The van der Waals surface area contributed by atoms with E-state index in [2.05, 4.69) is 17.1 Å². The van der Waals surface area contributed by atoms with Crippen LogP contribution >= 0.6 is 0 Å². The summed E-state index contributed by atoms with van der Waals surface area (Å²) in [5, 5.41) is 8.37. The van der Waals surface area contributed by atoms with E-state index >= 15 is 0 Å². The molecule has 1 aromatic carbocycles. The summed E-state index contributed by atoms with van der Waals surface area (Å²) < 4.78 is 5.29. The van der Waals surface area contributed by atoms with Crippen LogP contribution in [0, 0.1) is 5.92 Å². The minimum Gasteiger partial charge on any atom is -0.402 e. The molecule has 0 saturated heterocycles. The highest BCUT2D eigenvalue weighted by Gasteiger charge is 2.23. The van der Waals surface area contributed by atoms with Crippen molar-refractivity contribution < 1.29 is 9.53 Å². The lowest BCUT2D eigenvalue weighted by molar-refractivity contribution is 0.0725. The summed E-state index contributed by atoms with van der Waals surface area (Å²) in [4.78, 5) is 12.2. The monoisotopic (exact) mass is 368 g/mol. The summed E-state index contributed by atoms with van der Waals surface area (Å²) >= 11 is 0. The number of aromatic nitrogens is 2. The maximum Gasteiger partial charge on any atom is 0.345 e. The van der Waals surface area contributed by atoms with Crippen LogP contribution in [0.2, 0.25) is 0 Å². The summed E-state index contributed by atoms with van der Waals surface area (Å²) in [6.07, 6.45) is 8.79. The van der Waals surface area contributed by atoms with Gasteiger partial charge in [-0.1, -0.05) is 26.2 Å². The predicted molar refractivity (Wildman–Crippen MR) is 106 cm³/mol. The van der Waals surface area contributed by atoms with Crippen LogP contribution in [0.3, 0.4) is 0 Å². The van der Waals surface area contributed by atoms with Crippen molar-refractivity contribution in [2.75, 3.05) is 11.5 Å². The van der Waals surface area contributed by atoms with E-state index in [1.165, 1.54) is 44.2 Å². The van der Waals surface area contributed by atoms with E-state index in [1.54, 1.807) is 12.1 Å². The lowest BCUT2D eigenvalue weighted by atomic mass is 9.78. The smallest absolute Gasteiger partial charge is 0.345 e. The van der Waals surface area contributed by atoms with Crippen LogP contribution in [-0.2, 0) is 0 Å². The Hall–Kier alpha value is -2.63. The molecule has 0 aliphatic heterocycles. The Balaban J connectivity index is 1.57. The van der Waals surface area contributed by atoms with E-state index in [9.17, 15) is 4.79 Å². The van der Waals surface area contributed by atoms with E-state index in [-0.39, 0.29) is 5.88 Å². The zero-order valence-corrected chi connectivity index (χ0v) is 15.9. The fraction of sp³-hybridized carbons (Fsp3) is 0.476. The van der Waals surface area contributed by atoms with Gasteiger partial charge in [-0.15, -0.1) is 5.10 Å². The Labute approximate surface area is 160 Å². The third-order valence-corrected chi connectivity index (χ3v) is 5.30. The summed E-state index contributed by atoms with van der Waals surface area (Å²) in [5.41, 5.74) is 13.5. The molecule has 6 heteroatoms. The molecule has 1 fully saturated rings. The highest BCUT2D eigenvalue weighted by Crippen LogP contribution is 2.37. The Morgan fingerprint density at radius 2 is 1.78 bits per heavy atom. The Morgan fingerprint density at radius 3 is 2.37 bits per heavy atom. The van der Waals surface area contributed by atoms with Gasteiger partial charge in [0.05, 0.1) is 11.3 Å². The number of anilines is 2. The number of benzene rings is 1. The van der Waals surface area contributed by atoms with Crippen LogP contribution in [0.1, 0.15) is 73.8 Å². The van der Waals surface area contributed by atoms with Crippen molar-refractivity contribution >= 4 is 17.3 Å². The number of rotatable bonds is 6. The fourth-order valence-corrected chi connectivity index (χ4v) is 3.79. The van der Waals surface area contributed by atoms with E-state index in [1.807, 2.05) is 6.07 Å². The number of carbonyl (C=O) groups excluding carboxylic acids is 1. The van der Waals surface area contributed by atoms with Crippen LogP contribution < -0.4 is 16.2 Å². The molecule has 0 spiro atoms. The Morgan fingerprint density at radius 1 is 1.07 bits per heavy atom. The second-order valence-electron chi connectivity index (χ2n) is 7.43. The highest BCUT2D eigenvalue weighted by molar-refractivity contribution is 5.93. The van der Waals surface area contributed by atoms with Gasteiger partial charge in [0, 0.05) is 23.4 Å². The largest absolute Gasteiger partial charge is 0.402 e. The van der Waals surface area contributed by atoms with Crippen molar-refractivity contribution in [2.24, 2.45) is 5.92 Å². The van der Waals surface area contributed by atoms with Gasteiger partial charge in [-0.2, -0.15) is 5.10 Å². The second-order valence-corrected chi connectivity index (χ2v) is 7.43. The number of hydrogen-bond donors (Lipinski definition) is 2. The van der Waals surface area contributed by atoms with Gasteiger partial charge in [-0.3, -0.25) is 0 Å². The second kappa shape index (κ2) is 8.84. The summed E-state index contributed by atoms with van der Waals surface area (Å²) in [7, 11) is 0. The maximum atomic E-state index is 12.2. The van der Waals surface area contributed by atoms with Gasteiger partial charge in [-0.25, -0.2) is 4.79 Å². The molecule has 1 aliphatic rings. The molecule has 27 heavy (non-hydrogen) atoms. The van der Waals surface area contributed by atoms with Gasteiger partial charge in [0.1, 0.15) is 0 Å². The van der Waals surface area contributed by atoms with Gasteiger partial charge >= 0.3 is 5.97 Å². The molecule has 0 amide bonds.